The fourth-order valence-electron chi connectivity index (χ4n) is 2.65. The van der Waals surface area contributed by atoms with Crippen molar-refractivity contribution in [2.45, 2.75) is 24.2 Å². The summed E-state index contributed by atoms with van der Waals surface area (Å²) in [6, 6.07) is 10.7. The summed E-state index contributed by atoms with van der Waals surface area (Å²) < 4.78 is 4.47. The highest BCUT2D eigenvalue weighted by molar-refractivity contribution is 6.31. The first-order valence-corrected chi connectivity index (χ1v) is 9.11. The van der Waals surface area contributed by atoms with Crippen LogP contribution in [0.1, 0.15) is 27.1 Å². The summed E-state index contributed by atoms with van der Waals surface area (Å²) in [5.41, 5.74) is -2.94. The average molecular weight is 441 g/mol. The summed E-state index contributed by atoms with van der Waals surface area (Å²) in [6.45, 7) is 0. The minimum atomic E-state index is -2.83. The van der Waals surface area contributed by atoms with Crippen LogP contribution in [0.25, 0.3) is 0 Å². The molecule has 3 unspecified atom stereocenters. The average Bonchev–Trinajstić information content (AvgIpc) is 2.72. The quantitative estimate of drug-likeness (QED) is 0.424. The molecule has 0 amide bonds. The maximum Gasteiger partial charge on any atom is 0.309 e. The van der Waals surface area contributed by atoms with Gasteiger partial charge in [0.2, 0.25) is 0 Å². The van der Waals surface area contributed by atoms with Crippen molar-refractivity contribution in [2.75, 3.05) is 7.11 Å². The molecule has 154 valence electrons. The van der Waals surface area contributed by atoms with Crippen LogP contribution >= 0.6 is 23.2 Å². The van der Waals surface area contributed by atoms with Gasteiger partial charge in [0, 0.05) is 21.2 Å². The zero-order valence-corrected chi connectivity index (χ0v) is 16.7. The fourth-order valence-corrected chi connectivity index (χ4v) is 2.90. The Kier molecular flexibility index (Phi) is 7.51. The number of hydrogen-bond donors (Lipinski definition) is 3. The molecule has 29 heavy (non-hydrogen) atoms. The van der Waals surface area contributed by atoms with E-state index in [4.69, 9.17) is 23.2 Å². The van der Waals surface area contributed by atoms with E-state index in [0.29, 0.717) is 10.0 Å². The van der Waals surface area contributed by atoms with Crippen LogP contribution in [0.5, 0.6) is 0 Å². The molecule has 9 heteroatoms. The van der Waals surface area contributed by atoms with Crippen LogP contribution in [0.3, 0.4) is 0 Å². The Balaban J connectivity index is 2.39. The van der Waals surface area contributed by atoms with Gasteiger partial charge in [-0.25, -0.2) is 0 Å². The van der Waals surface area contributed by atoms with E-state index >= 15 is 0 Å². The van der Waals surface area contributed by atoms with Crippen LogP contribution in [0, 0.1) is 0 Å². The van der Waals surface area contributed by atoms with E-state index in [1.54, 1.807) is 0 Å². The van der Waals surface area contributed by atoms with Crippen molar-refractivity contribution in [1.82, 2.24) is 0 Å². The third-order valence-corrected chi connectivity index (χ3v) is 4.83. The molecule has 2 rings (SSSR count). The molecular weight excluding hydrogens is 423 g/mol. The van der Waals surface area contributed by atoms with Crippen LogP contribution in [0.4, 0.5) is 0 Å². The lowest BCUT2D eigenvalue weighted by atomic mass is 9.80. The Morgan fingerprint density at radius 1 is 0.931 bits per heavy atom. The molecule has 3 atom stereocenters. The van der Waals surface area contributed by atoms with Gasteiger partial charge in [0.1, 0.15) is 12.2 Å². The second kappa shape index (κ2) is 9.47. The number of halogens is 2. The van der Waals surface area contributed by atoms with E-state index < -0.39 is 41.8 Å². The fraction of sp³-hybridized carbons (Fsp3) is 0.250. The van der Waals surface area contributed by atoms with Gasteiger partial charge in [-0.3, -0.25) is 14.4 Å². The maximum absolute atomic E-state index is 12.9. The van der Waals surface area contributed by atoms with Gasteiger partial charge < -0.3 is 20.1 Å². The molecule has 0 saturated carbocycles. The number of methoxy groups -OCH3 is 1. The molecule has 0 fully saturated rings. The summed E-state index contributed by atoms with van der Waals surface area (Å²) >= 11 is 11.5. The van der Waals surface area contributed by atoms with E-state index in [0.717, 1.165) is 7.11 Å². The normalized spacial score (nSPS) is 15.1. The predicted octanol–water partition coefficient (Wildman–Crippen LogP) is 2.08. The van der Waals surface area contributed by atoms with Crippen molar-refractivity contribution in [2.24, 2.45) is 0 Å². The Bertz CT molecular complexity index is 896. The SMILES string of the molecule is COC(=O)CC(O)(C(=O)c1ccc(Cl)cc1)C(O)C(O)C(=O)c1ccc(Cl)cc1. The number of Topliss-reactive ketones (excluding diaryl/α,β-unsaturated/α-hetero) is 2. The largest absolute Gasteiger partial charge is 0.469 e. The lowest BCUT2D eigenvalue weighted by molar-refractivity contribution is -0.152. The molecule has 0 heterocycles. The molecule has 3 N–H and O–H groups in total. The lowest BCUT2D eigenvalue weighted by Gasteiger charge is -2.33. The van der Waals surface area contributed by atoms with Crippen molar-refractivity contribution in [3.05, 3.63) is 69.7 Å². The summed E-state index contributed by atoms with van der Waals surface area (Å²) in [5.74, 6) is -3.09. The minimum absolute atomic E-state index is 0.0136. The first kappa shape index (κ1) is 23.0. The molecule has 0 spiro atoms. The number of ketones is 2. The van der Waals surface area contributed by atoms with Crippen molar-refractivity contribution >= 4 is 40.7 Å². The van der Waals surface area contributed by atoms with Crippen molar-refractivity contribution in [3.8, 4) is 0 Å². The van der Waals surface area contributed by atoms with Gasteiger partial charge >= 0.3 is 5.97 Å². The number of benzene rings is 2. The number of hydrogen-bond acceptors (Lipinski definition) is 7. The van der Waals surface area contributed by atoms with E-state index in [1.807, 2.05) is 0 Å². The molecule has 7 nitrogen and oxygen atoms in total. The minimum Gasteiger partial charge on any atom is -0.469 e. The van der Waals surface area contributed by atoms with Gasteiger partial charge in [0.05, 0.1) is 13.5 Å². The molecular formula is C20H18Cl2O7. The smallest absolute Gasteiger partial charge is 0.309 e. The highest BCUT2D eigenvalue weighted by atomic mass is 35.5. The number of carbonyl (C=O) groups excluding carboxylic acids is 3. The van der Waals surface area contributed by atoms with Crippen LogP contribution < -0.4 is 0 Å². The van der Waals surface area contributed by atoms with Crippen LogP contribution in [0.2, 0.25) is 10.0 Å². The lowest BCUT2D eigenvalue weighted by Crippen LogP contribution is -2.57. The summed E-state index contributed by atoms with van der Waals surface area (Å²) in [4.78, 5) is 37.1. The van der Waals surface area contributed by atoms with E-state index in [-0.39, 0.29) is 11.1 Å². The van der Waals surface area contributed by atoms with Crippen LogP contribution in [-0.2, 0) is 9.53 Å². The van der Waals surface area contributed by atoms with E-state index in [1.165, 1.54) is 48.5 Å². The zero-order valence-electron chi connectivity index (χ0n) is 15.2. The van der Waals surface area contributed by atoms with Gasteiger partial charge in [0.15, 0.2) is 17.2 Å². The molecule has 0 aromatic heterocycles. The van der Waals surface area contributed by atoms with Crippen molar-refractivity contribution in [3.63, 3.8) is 0 Å². The van der Waals surface area contributed by atoms with Gasteiger partial charge in [0.25, 0.3) is 0 Å². The van der Waals surface area contributed by atoms with Crippen molar-refractivity contribution in [1.29, 1.82) is 0 Å². The first-order chi connectivity index (χ1) is 13.6. The summed E-state index contributed by atoms with van der Waals surface area (Å²) in [7, 11) is 1.02. The second-order valence-electron chi connectivity index (χ2n) is 6.27. The molecule has 0 bridgehead atoms. The highest BCUT2D eigenvalue weighted by Crippen LogP contribution is 2.27. The Morgan fingerprint density at radius 3 is 1.83 bits per heavy atom. The molecule has 0 radical (unpaired) electrons. The number of carbonyl (C=O) groups is 3. The Labute approximate surface area is 176 Å². The molecule has 2 aromatic carbocycles. The molecule has 2 aromatic rings. The van der Waals surface area contributed by atoms with Gasteiger partial charge in [-0.2, -0.15) is 0 Å². The summed E-state index contributed by atoms with van der Waals surface area (Å²) in [5, 5.41) is 32.5. The van der Waals surface area contributed by atoms with Gasteiger partial charge in [-0.1, -0.05) is 23.2 Å². The molecule has 0 saturated heterocycles. The predicted molar refractivity (Wildman–Crippen MR) is 105 cm³/mol. The monoisotopic (exact) mass is 440 g/mol. The maximum atomic E-state index is 12.9. The third-order valence-electron chi connectivity index (χ3n) is 4.33. The molecule has 0 aliphatic heterocycles. The number of ether oxygens (including phenoxy) is 1. The zero-order chi connectivity index (χ0) is 21.8. The van der Waals surface area contributed by atoms with Crippen LogP contribution in [-0.4, -0.2) is 57.8 Å². The number of esters is 1. The third kappa shape index (κ3) is 5.20. The molecule has 0 aliphatic carbocycles. The first-order valence-electron chi connectivity index (χ1n) is 8.35. The highest BCUT2D eigenvalue weighted by Gasteiger charge is 2.50. The number of rotatable bonds is 8. The molecule has 0 aliphatic rings. The van der Waals surface area contributed by atoms with Gasteiger partial charge in [-0.15, -0.1) is 0 Å². The Morgan fingerprint density at radius 2 is 1.38 bits per heavy atom. The van der Waals surface area contributed by atoms with E-state index in [9.17, 15) is 29.7 Å². The van der Waals surface area contributed by atoms with E-state index in [2.05, 4.69) is 4.74 Å². The second-order valence-corrected chi connectivity index (χ2v) is 7.15. The number of aliphatic hydroxyl groups excluding tert-OH is 2. The topological polar surface area (TPSA) is 121 Å². The van der Waals surface area contributed by atoms with Gasteiger partial charge in [-0.05, 0) is 48.5 Å². The number of aliphatic hydroxyl groups is 3. The van der Waals surface area contributed by atoms with Crippen molar-refractivity contribution < 1.29 is 34.4 Å². The van der Waals surface area contributed by atoms with Crippen LogP contribution in [0.15, 0.2) is 48.5 Å². The summed E-state index contributed by atoms with van der Waals surface area (Å²) in [6.07, 6.45) is -5.52. The Hall–Kier alpha value is -2.29. The standard InChI is InChI=1S/C20H18Cl2O7/c1-29-15(23)10-20(28,18(26)12-4-8-14(22)9-5-12)19(27)17(25)16(24)11-2-6-13(21)7-3-11/h2-9,17,19,25,27-28H,10H2,1H3.